The molecule has 3 unspecified atom stereocenters. The molecule has 21 nitrogen and oxygen atoms in total. The zero-order chi connectivity index (χ0) is 97.5. The summed E-state index contributed by atoms with van der Waals surface area (Å²) in [6, 6.07) is 62.9. The van der Waals surface area contributed by atoms with Gasteiger partial charge >= 0.3 is 0 Å². The highest BCUT2D eigenvalue weighted by Crippen LogP contribution is 2.50. The Hall–Kier alpha value is -15.6. The number of fused-ring (bicyclic) bond motifs is 10. The summed E-state index contributed by atoms with van der Waals surface area (Å²) in [6.07, 6.45) is 46.6. The summed E-state index contributed by atoms with van der Waals surface area (Å²) in [6.45, 7) is 39.7. The van der Waals surface area contributed by atoms with Crippen LogP contribution in [0.15, 0.2) is 256 Å². The molecule has 2 aliphatic heterocycles. The maximum atomic E-state index is 14.8. The maximum absolute atomic E-state index is 14.8. The van der Waals surface area contributed by atoms with E-state index in [1.165, 1.54) is 154 Å². The van der Waals surface area contributed by atoms with Gasteiger partial charge in [0.2, 0.25) is 5.69 Å². The predicted octanol–water partition coefficient (Wildman–Crippen LogP) is 30.1. The summed E-state index contributed by atoms with van der Waals surface area (Å²) in [5, 5.41) is 21.1. The van der Waals surface area contributed by atoms with E-state index >= 15 is 0 Å². The molecule has 722 valence electrons. The largest absolute Gasteiger partial charge is 0.490 e. The normalized spacial score (nSPS) is 17.3. The van der Waals surface area contributed by atoms with E-state index in [9.17, 15) is 4.39 Å². The second kappa shape index (κ2) is 40.8. The van der Waals surface area contributed by atoms with E-state index in [4.69, 9.17) is 51.0 Å². The Morgan fingerprint density at radius 2 is 0.750 bits per heavy atom. The topological polar surface area (TPSA) is 158 Å². The molecule has 19 aromatic rings. The molecule has 0 amide bonds. The smallest absolute Gasteiger partial charge is 0.222 e. The Kier molecular flexibility index (Phi) is 26.8. The van der Waals surface area contributed by atoms with Gasteiger partial charge in [-0.3, -0.25) is 34.0 Å². The molecule has 3 atom stereocenters. The average molecular weight is 1900 g/mol. The highest BCUT2D eigenvalue weighted by molar-refractivity contribution is 6.07. The molecule has 0 spiro atoms. The summed E-state index contributed by atoms with van der Waals surface area (Å²) in [4.78, 5) is 38.8. The fourth-order valence-electron chi connectivity index (χ4n) is 24.1. The van der Waals surface area contributed by atoms with Crippen LogP contribution in [-0.2, 0) is 47.3 Å². The number of nitrogens with zero attached hydrogens (tertiary/aromatic N) is 20. The molecule has 11 aromatic heterocycles. The van der Waals surface area contributed by atoms with Crippen LogP contribution in [-0.4, -0.2) is 113 Å². The van der Waals surface area contributed by atoms with Crippen LogP contribution in [0.25, 0.3) is 185 Å². The summed E-state index contributed by atoms with van der Waals surface area (Å²) in [7, 11) is 10.2. The third kappa shape index (κ3) is 19.0. The Morgan fingerprint density at radius 1 is 0.361 bits per heavy atom. The number of aromatic nitrogens is 14. The molecule has 6 aliphatic rings. The number of halogens is 1. The quantitative estimate of drug-likeness (QED) is 0.0853. The monoisotopic (exact) mass is 1900 g/mol. The van der Waals surface area contributed by atoms with Gasteiger partial charge in [-0.1, -0.05) is 175 Å². The van der Waals surface area contributed by atoms with E-state index in [1.54, 1.807) is 6.07 Å². The second-order valence-electron chi connectivity index (χ2n) is 41.2. The fourth-order valence-corrected chi connectivity index (χ4v) is 24.1. The molecular formula is C122H121FN20O. The van der Waals surface area contributed by atoms with Crippen LogP contribution in [0.1, 0.15) is 130 Å². The lowest BCUT2D eigenvalue weighted by Gasteiger charge is -2.34. The minimum absolute atomic E-state index is 0. The highest BCUT2D eigenvalue weighted by Gasteiger charge is 2.36. The van der Waals surface area contributed by atoms with Gasteiger partial charge in [0.05, 0.1) is 143 Å². The van der Waals surface area contributed by atoms with Crippen molar-refractivity contribution in [1.82, 2.24) is 72.4 Å². The first-order valence-corrected chi connectivity index (χ1v) is 50.9. The molecule has 0 radical (unpaired) electrons. The van der Waals surface area contributed by atoms with Crippen molar-refractivity contribution in [1.29, 1.82) is 0 Å². The summed E-state index contributed by atoms with van der Waals surface area (Å²) in [5.74, 6) is 4.41. The van der Waals surface area contributed by atoms with Gasteiger partial charge in [-0.05, 0) is 220 Å². The van der Waals surface area contributed by atoms with Gasteiger partial charge in [-0.25, -0.2) is 23.8 Å². The van der Waals surface area contributed by atoms with Gasteiger partial charge in [0.1, 0.15) is 18.2 Å². The van der Waals surface area contributed by atoms with Crippen molar-refractivity contribution in [3.05, 3.63) is 308 Å². The maximum Gasteiger partial charge on any atom is 0.222 e. The van der Waals surface area contributed by atoms with Crippen molar-refractivity contribution in [2.45, 2.75) is 156 Å². The van der Waals surface area contributed by atoms with Crippen LogP contribution in [0.2, 0.25) is 0 Å². The summed E-state index contributed by atoms with van der Waals surface area (Å²) < 4.78 is 36.0. The minimum atomic E-state index is -0.514. The number of rotatable bonds is 16. The van der Waals surface area contributed by atoms with Crippen LogP contribution >= 0.6 is 0 Å². The Morgan fingerprint density at radius 3 is 1.19 bits per heavy atom. The van der Waals surface area contributed by atoms with E-state index in [2.05, 4.69) is 236 Å². The lowest BCUT2D eigenvalue weighted by Crippen LogP contribution is -2.28. The van der Waals surface area contributed by atoms with Crippen molar-refractivity contribution in [2.24, 2.45) is 56.1 Å². The first kappa shape index (κ1) is 94.6. The molecule has 22 heteroatoms. The molecule has 25 rings (SSSR count). The number of hydrogen-bond acceptors (Lipinski definition) is 10. The van der Waals surface area contributed by atoms with Crippen LogP contribution in [0.5, 0.6) is 5.75 Å². The van der Waals surface area contributed by atoms with Crippen molar-refractivity contribution in [3.8, 4) is 95.3 Å². The number of benzene rings is 8. The van der Waals surface area contributed by atoms with Crippen molar-refractivity contribution >= 4 is 105 Å². The van der Waals surface area contributed by atoms with Crippen molar-refractivity contribution in [2.75, 3.05) is 45.2 Å². The molecular weight excluding hydrogens is 1780 g/mol. The number of likely N-dealkylation sites (tertiary alicyclic amines) is 1. The highest BCUT2D eigenvalue weighted by atomic mass is 19.1. The molecule has 144 heavy (non-hydrogen) atoms. The van der Waals surface area contributed by atoms with Gasteiger partial charge in [0.15, 0.2) is 17.1 Å². The van der Waals surface area contributed by atoms with Crippen molar-refractivity contribution in [3.63, 3.8) is 0 Å². The number of anilines is 1. The Bertz CT molecular complexity index is 8170. The third-order valence-electron chi connectivity index (χ3n) is 31.7. The molecule has 8 aromatic carbocycles. The molecule has 0 N–H and O–H groups in total. The molecule has 4 saturated carbocycles. The van der Waals surface area contributed by atoms with E-state index in [1.807, 2.05) is 127 Å². The SMILES string of the molecule is C.[C-]#[N+]c1ccc(-c2c(-c3ccc4c(c3)OCCN4C)ncc3c2ccn3CC2CCCCC2)cc1.[C-]#[N+]c1ccc(-c2c(-c3ccc4c(cnn4C)c3)ncc3c2ccn3CC2(C)CCCCC2)cc1.[C-]#[N+]c1ccc(-c2c(-c3ccc4c(cnn4C)c3)ncc3c2ccn3CC2CC3CCC(C3)C2)cc1.[C-]#[N+]c1ccc(-c2c(-c3ccc4c(cnn4C)c3)ncc3c2ccn3CC2CCCN(C)CC2)cc1F. The number of likely N-dealkylation sites (N-methyl/N-ethyl adjacent to an activating group) is 1. The molecule has 2 bridgehead atoms. The Labute approximate surface area is 841 Å². The zero-order valence-corrected chi connectivity index (χ0v) is 82.3. The number of ether oxygens (including phenoxy) is 1. The van der Waals surface area contributed by atoms with E-state index in [0.29, 0.717) is 35.0 Å². The van der Waals surface area contributed by atoms with Crippen LogP contribution < -0.4 is 9.64 Å². The molecule has 5 fully saturated rings. The van der Waals surface area contributed by atoms with Gasteiger partial charge in [0, 0.05) is 161 Å². The van der Waals surface area contributed by atoms with Gasteiger partial charge in [0.25, 0.3) is 0 Å². The zero-order valence-electron chi connectivity index (χ0n) is 82.3. The standard InChI is InChI=1S/C31H29N5.C30H29FN6.C30H29N5.C30H30N4O.CH4/c1-32-26-8-5-23(6-9-26)30-27-11-12-36(19-22-14-20-3-4-21(13-20)15-22)29(27)18-33-31(30)24-7-10-28-25(16-24)17-34-35(28)2;1-32-26-8-6-21(16-25(26)31)29-24-11-14-37(19-20-5-4-12-35(2)13-10-20)28(24)18-33-30(29)22-7-9-27-23(15-22)17-34-36(27)3;1-30(14-5-4-6-15-30)20-35-16-13-25-27(35)19-32-29(28(25)21-7-10-24(31-2)11-8-21)22-9-12-26-23(17-22)18-33-34(26)3;1-31-24-11-8-22(9-12-24)29-25-14-15-34(20-21-6-4-3-5-7-21)27(25)19-32-30(29)23-10-13-26-28(18-23)35-17-16-33(26)2;/h5-12,16-18,20-22H,3-4,13-15,19H2,2H3;6-9,11,14-18,20H,4-5,10,12-13,19H2,2-3H3;7-13,16-19H,4-6,14-15,20H2,1,3H3;8-15,18-19,21H,3-7,16-17,20H2,2H3;1H4. The number of hydrogen-bond donors (Lipinski definition) is 0. The summed E-state index contributed by atoms with van der Waals surface area (Å²) in [5.41, 5.74) is 27.3. The third-order valence-corrected chi connectivity index (χ3v) is 31.7. The predicted molar refractivity (Wildman–Crippen MR) is 582 cm³/mol. The first-order chi connectivity index (χ1) is 69.9. The van der Waals surface area contributed by atoms with E-state index in [0.717, 1.165) is 214 Å². The second-order valence-corrected chi connectivity index (χ2v) is 41.2. The number of pyridine rings is 4. The average Bonchev–Trinajstić information content (AvgIpc) is 1.60. The lowest BCUT2D eigenvalue weighted by atomic mass is 9.75. The first-order valence-electron chi connectivity index (χ1n) is 50.9. The summed E-state index contributed by atoms with van der Waals surface area (Å²) >= 11 is 0. The van der Waals surface area contributed by atoms with Gasteiger partial charge in [-0.15, -0.1) is 0 Å². The van der Waals surface area contributed by atoms with Gasteiger partial charge < -0.3 is 32.8 Å². The van der Waals surface area contributed by atoms with E-state index < -0.39 is 5.82 Å². The lowest BCUT2D eigenvalue weighted by molar-refractivity contribution is 0.185. The number of aryl methyl sites for hydroxylation is 3. The van der Waals surface area contributed by atoms with E-state index in [-0.39, 0.29) is 13.1 Å². The van der Waals surface area contributed by atoms with Crippen LogP contribution in [0.4, 0.5) is 32.8 Å². The fraction of sp³-hybridized carbons (Fsp3) is 0.320. The molecule has 13 heterocycles. The molecule has 4 aliphatic carbocycles. The van der Waals surface area contributed by atoms with Crippen LogP contribution in [0.3, 0.4) is 0 Å². The minimum Gasteiger partial charge on any atom is -0.490 e. The Balaban J connectivity index is 0.000000113. The van der Waals surface area contributed by atoms with Crippen molar-refractivity contribution < 1.29 is 9.13 Å². The molecule has 1 saturated heterocycles. The van der Waals surface area contributed by atoms with Crippen LogP contribution in [0, 0.1) is 67.1 Å². The van der Waals surface area contributed by atoms with Gasteiger partial charge in [-0.2, -0.15) is 15.3 Å².